The van der Waals surface area contributed by atoms with Gasteiger partial charge in [-0.3, -0.25) is 19.7 Å². The molecule has 8 nitrogen and oxygen atoms in total. The molecule has 1 fully saturated rings. The van der Waals surface area contributed by atoms with Crippen molar-refractivity contribution in [1.29, 1.82) is 0 Å². The summed E-state index contributed by atoms with van der Waals surface area (Å²) in [6.07, 6.45) is 6.58. The number of carbonyl (C=O) groups is 1. The number of nitrogens with one attached hydrogen (secondary N) is 1. The van der Waals surface area contributed by atoms with Crippen LogP contribution in [0.15, 0.2) is 43.0 Å². The number of benzene rings is 1. The Labute approximate surface area is 191 Å². The Kier molecular flexibility index (Phi) is 5.20. The number of pyridine rings is 1. The summed E-state index contributed by atoms with van der Waals surface area (Å²) in [6.45, 7) is 7.92. The summed E-state index contributed by atoms with van der Waals surface area (Å²) in [6, 6.07) is 5.75. The first-order valence-corrected chi connectivity index (χ1v) is 11.0. The molecule has 9 heteroatoms. The summed E-state index contributed by atoms with van der Waals surface area (Å²) >= 11 is 0. The van der Waals surface area contributed by atoms with E-state index in [1.807, 2.05) is 6.07 Å². The molecule has 170 valence electrons. The number of anilines is 2. The van der Waals surface area contributed by atoms with Crippen molar-refractivity contribution < 1.29 is 9.18 Å². The first kappa shape index (κ1) is 21.3. The van der Waals surface area contributed by atoms with Gasteiger partial charge in [0.2, 0.25) is 0 Å². The number of piperazine rings is 1. The lowest BCUT2D eigenvalue weighted by Crippen LogP contribution is -2.55. The fraction of sp³-hybridized carbons (Fsp3) is 0.333. The standard InChI is InChI=1S/C24H26FN7O/c1-14-10-32-13-17(9-19(25)23(32)28-14)29-24(33)18-5-6-20(22-21(18)26-7-8-27-22)31-11-15(2)30(4)16(3)12-31/h5-10,13,15-16H,11-12H2,1-4H3,(H,29,33)/t15-,16-/m0/s1. The predicted molar refractivity (Wildman–Crippen MR) is 126 cm³/mol. The zero-order valence-corrected chi connectivity index (χ0v) is 19.1. The van der Waals surface area contributed by atoms with E-state index in [4.69, 9.17) is 0 Å². The number of likely N-dealkylation sites (N-methyl/N-ethyl adjacent to an activating group) is 1. The van der Waals surface area contributed by atoms with Gasteiger partial charge >= 0.3 is 0 Å². The summed E-state index contributed by atoms with van der Waals surface area (Å²) in [5.41, 5.74) is 3.81. The summed E-state index contributed by atoms with van der Waals surface area (Å²) in [4.78, 5) is 31.0. The highest BCUT2D eigenvalue weighted by Gasteiger charge is 2.28. The van der Waals surface area contributed by atoms with E-state index < -0.39 is 5.82 Å². The molecule has 1 saturated heterocycles. The van der Waals surface area contributed by atoms with E-state index >= 15 is 0 Å². The third-order valence-corrected chi connectivity index (χ3v) is 6.43. The zero-order chi connectivity index (χ0) is 23.3. The van der Waals surface area contributed by atoms with Gasteiger partial charge in [0.1, 0.15) is 11.0 Å². The lowest BCUT2D eigenvalue weighted by Gasteiger charge is -2.43. The Morgan fingerprint density at radius 2 is 1.79 bits per heavy atom. The molecule has 0 aliphatic carbocycles. The summed E-state index contributed by atoms with van der Waals surface area (Å²) in [7, 11) is 2.14. The molecule has 0 bridgehead atoms. The number of amides is 1. The molecule has 0 unspecified atom stereocenters. The van der Waals surface area contributed by atoms with Gasteiger partial charge in [-0.25, -0.2) is 9.37 Å². The van der Waals surface area contributed by atoms with Gasteiger partial charge in [-0.15, -0.1) is 0 Å². The lowest BCUT2D eigenvalue weighted by molar-refractivity contribution is 0.102. The zero-order valence-electron chi connectivity index (χ0n) is 19.1. The van der Waals surface area contributed by atoms with Crippen LogP contribution in [0.2, 0.25) is 0 Å². The molecule has 5 rings (SSSR count). The number of hydrogen-bond donors (Lipinski definition) is 1. The molecule has 1 aliphatic heterocycles. The molecule has 1 amide bonds. The first-order valence-electron chi connectivity index (χ1n) is 11.0. The van der Waals surface area contributed by atoms with Crippen LogP contribution in [0, 0.1) is 12.7 Å². The fourth-order valence-electron chi connectivity index (χ4n) is 4.53. The van der Waals surface area contributed by atoms with Crippen LogP contribution in [-0.4, -0.2) is 62.4 Å². The largest absolute Gasteiger partial charge is 0.367 e. The monoisotopic (exact) mass is 447 g/mol. The SMILES string of the molecule is Cc1cn2cc(NC(=O)c3ccc(N4C[C@H](C)N(C)[C@@H](C)C4)c4nccnc34)cc(F)c2n1. The number of aryl methyl sites for hydroxylation is 1. The Hall–Kier alpha value is -3.59. The minimum atomic E-state index is -0.501. The van der Waals surface area contributed by atoms with Crippen LogP contribution < -0.4 is 10.2 Å². The molecule has 1 aliphatic rings. The van der Waals surface area contributed by atoms with Crippen LogP contribution in [0.5, 0.6) is 0 Å². The highest BCUT2D eigenvalue weighted by atomic mass is 19.1. The van der Waals surface area contributed by atoms with Gasteiger partial charge in [-0.05, 0) is 40.0 Å². The molecule has 3 aromatic heterocycles. The van der Waals surface area contributed by atoms with Crippen LogP contribution >= 0.6 is 0 Å². The maximum absolute atomic E-state index is 14.4. The molecule has 1 aromatic carbocycles. The van der Waals surface area contributed by atoms with Crippen LogP contribution in [0.4, 0.5) is 15.8 Å². The van der Waals surface area contributed by atoms with E-state index in [2.05, 4.69) is 51.0 Å². The molecule has 2 atom stereocenters. The van der Waals surface area contributed by atoms with E-state index in [0.29, 0.717) is 40.1 Å². The molecular formula is C24H26FN7O. The summed E-state index contributed by atoms with van der Waals surface area (Å²) in [5.74, 6) is -0.873. The van der Waals surface area contributed by atoms with Gasteiger partial charge in [0, 0.05) is 56.0 Å². The number of imidazole rings is 1. The number of carbonyl (C=O) groups excluding carboxylic acids is 1. The molecule has 33 heavy (non-hydrogen) atoms. The number of rotatable bonds is 3. The number of fused-ring (bicyclic) bond motifs is 2. The van der Waals surface area contributed by atoms with Crippen molar-refractivity contribution in [2.24, 2.45) is 0 Å². The minimum Gasteiger partial charge on any atom is -0.367 e. The Bertz CT molecular complexity index is 1360. The second-order valence-corrected chi connectivity index (χ2v) is 8.80. The average Bonchev–Trinajstić information content (AvgIpc) is 3.17. The van der Waals surface area contributed by atoms with Crippen LogP contribution in [0.3, 0.4) is 0 Å². The van der Waals surface area contributed by atoms with Gasteiger partial charge in [0.05, 0.1) is 22.6 Å². The molecule has 4 heterocycles. The van der Waals surface area contributed by atoms with Crippen molar-refractivity contribution in [3.05, 3.63) is 60.1 Å². The number of hydrogen-bond acceptors (Lipinski definition) is 6. The van der Waals surface area contributed by atoms with Gasteiger partial charge in [-0.2, -0.15) is 0 Å². The molecule has 0 saturated carbocycles. The first-order chi connectivity index (χ1) is 15.8. The third kappa shape index (κ3) is 3.78. The van der Waals surface area contributed by atoms with Gasteiger partial charge in [0.15, 0.2) is 11.5 Å². The average molecular weight is 448 g/mol. The minimum absolute atomic E-state index is 0.224. The van der Waals surface area contributed by atoms with Gasteiger partial charge < -0.3 is 14.6 Å². The molecule has 4 aromatic rings. The Morgan fingerprint density at radius 3 is 2.52 bits per heavy atom. The van der Waals surface area contributed by atoms with Crippen molar-refractivity contribution in [2.45, 2.75) is 32.9 Å². The third-order valence-electron chi connectivity index (χ3n) is 6.43. The van der Waals surface area contributed by atoms with E-state index in [0.717, 1.165) is 18.8 Å². The highest BCUT2D eigenvalue weighted by molar-refractivity contribution is 6.13. The molecular weight excluding hydrogens is 421 g/mol. The highest BCUT2D eigenvalue weighted by Crippen LogP contribution is 2.30. The second-order valence-electron chi connectivity index (χ2n) is 8.80. The Morgan fingerprint density at radius 1 is 1.09 bits per heavy atom. The van der Waals surface area contributed by atoms with E-state index in [1.54, 1.807) is 42.2 Å². The molecule has 1 N–H and O–H groups in total. The van der Waals surface area contributed by atoms with E-state index in [9.17, 15) is 9.18 Å². The topological polar surface area (TPSA) is 78.7 Å². The summed E-state index contributed by atoms with van der Waals surface area (Å²) < 4.78 is 16.0. The number of aromatic nitrogens is 4. The Balaban J connectivity index is 1.49. The predicted octanol–water partition coefficient (Wildman–Crippen LogP) is 3.51. The lowest BCUT2D eigenvalue weighted by atomic mass is 10.1. The van der Waals surface area contributed by atoms with Crippen molar-refractivity contribution in [2.75, 3.05) is 30.4 Å². The maximum atomic E-state index is 14.4. The summed E-state index contributed by atoms with van der Waals surface area (Å²) in [5, 5.41) is 2.80. The van der Waals surface area contributed by atoms with E-state index in [-0.39, 0.29) is 11.6 Å². The number of halogens is 1. The van der Waals surface area contributed by atoms with Crippen molar-refractivity contribution >= 4 is 34.0 Å². The van der Waals surface area contributed by atoms with Crippen LogP contribution in [0.25, 0.3) is 16.7 Å². The second kappa shape index (κ2) is 8.08. The normalized spacial score (nSPS) is 19.4. The van der Waals surface area contributed by atoms with Crippen molar-refractivity contribution in [1.82, 2.24) is 24.3 Å². The van der Waals surface area contributed by atoms with Crippen molar-refractivity contribution in [3.8, 4) is 0 Å². The molecule has 0 radical (unpaired) electrons. The van der Waals surface area contributed by atoms with Crippen LogP contribution in [-0.2, 0) is 0 Å². The van der Waals surface area contributed by atoms with Crippen LogP contribution in [0.1, 0.15) is 29.9 Å². The van der Waals surface area contributed by atoms with Gasteiger partial charge in [0.25, 0.3) is 5.91 Å². The smallest absolute Gasteiger partial charge is 0.257 e. The maximum Gasteiger partial charge on any atom is 0.257 e. The van der Waals surface area contributed by atoms with E-state index in [1.165, 1.54) is 6.07 Å². The quantitative estimate of drug-likeness (QED) is 0.518. The van der Waals surface area contributed by atoms with Crippen molar-refractivity contribution in [3.63, 3.8) is 0 Å². The fourth-order valence-corrected chi connectivity index (χ4v) is 4.53. The number of nitrogens with zero attached hydrogens (tertiary/aromatic N) is 6. The van der Waals surface area contributed by atoms with Gasteiger partial charge in [-0.1, -0.05) is 0 Å². The molecule has 0 spiro atoms.